The molecule has 1 aliphatic carbocycles. The molecule has 0 saturated carbocycles. The fraction of sp³-hybridized carbons (Fsp3) is 0.241. The number of benzene rings is 7. The van der Waals surface area contributed by atoms with Crippen LogP contribution in [0.4, 0.5) is 0 Å². The van der Waals surface area contributed by atoms with Gasteiger partial charge in [0.2, 0.25) is 0 Å². The molecule has 0 amide bonds. The van der Waals surface area contributed by atoms with Crippen LogP contribution in [0.25, 0.3) is 11.1 Å². The number of fused-ring (bicyclic) bond motifs is 3. The monoisotopic (exact) mass is 864 g/mol. The number of phenols is 1. The van der Waals surface area contributed by atoms with E-state index < -0.39 is 5.41 Å². The van der Waals surface area contributed by atoms with Crippen LogP contribution in [0.3, 0.4) is 0 Å². The van der Waals surface area contributed by atoms with E-state index in [-0.39, 0.29) is 54.6 Å². The molecule has 8 rings (SSSR count). The van der Waals surface area contributed by atoms with E-state index >= 15 is 0 Å². The van der Waals surface area contributed by atoms with Gasteiger partial charge >= 0.3 is 11.9 Å². The predicted octanol–water partition coefficient (Wildman–Crippen LogP) is 12.7. The molecule has 7 nitrogen and oxygen atoms in total. The Kier molecular flexibility index (Phi) is 12.4. The van der Waals surface area contributed by atoms with Crippen LogP contribution in [-0.4, -0.2) is 30.3 Å². The van der Waals surface area contributed by atoms with Crippen LogP contribution in [0.2, 0.25) is 0 Å². The van der Waals surface area contributed by atoms with E-state index in [0.717, 1.165) is 33.4 Å². The van der Waals surface area contributed by atoms with Crippen molar-refractivity contribution in [2.45, 2.75) is 77.6 Å². The quantitative estimate of drug-likeness (QED) is 0.0860. The Morgan fingerprint density at radius 3 is 1.32 bits per heavy atom. The number of carbonyl (C=O) groups is 2. The first kappa shape index (κ1) is 44.5. The Labute approximate surface area is 382 Å². The number of hydrogen-bond acceptors (Lipinski definition) is 7. The number of phenolic OH excluding ortho intramolecular Hbond substituents is 1. The highest BCUT2D eigenvalue weighted by Gasteiger charge is 2.46. The second-order valence-corrected chi connectivity index (χ2v) is 18.4. The van der Waals surface area contributed by atoms with E-state index in [0.29, 0.717) is 23.0 Å². The summed E-state index contributed by atoms with van der Waals surface area (Å²) < 4.78 is 23.7. The lowest BCUT2D eigenvalue weighted by Crippen LogP contribution is -2.29. The molecule has 0 radical (unpaired) electrons. The minimum absolute atomic E-state index is 0.0140. The zero-order valence-corrected chi connectivity index (χ0v) is 38.2. The summed E-state index contributed by atoms with van der Waals surface area (Å²) in [6.07, 6.45) is 0.186. The highest BCUT2D eigenvalue weighted by atomic mass is 16.5. The Hall–Kier alpha value is -7.12. The van der Waals surface area contributed by atoms with Crippen LogP contribution in [0, 0.1) is 13.8 Å². The number of rotatable bonds is 14. The van der Waals surface area contributed by atoms with Crippen molar-refractivity contribution >= 4 is 11.9 Å². The summed E-state index contributed by atoms with van der Waals surface area (Å²) in [5.74, 6) is 1.88. The van der Waals surface area contributed by atoms with Crippen LogP contribution in [0.15, 0.2) is 158 Å². The van der Waals surface area contributed by atoms with Gasteiger partial charge in [0.15, 0.2) is 0 Å². The Balaban J connectivity index is 0.964. The molecule has 7 heteroatoms. The SMILES string of the molecule is Cc1cc(C2(c3ccc(OCCC(=O)Oc4ccc(C(C)(C)c5ccc(O)cc5)cc4)c(C)c3)c3ccccc3-c3ccccc32)ccc1OCCC(=O)Oc1ccc(C(C)(C)C)cc1. The van der Waals surface area contributed by atoms with Gasteiger partial charge in [0, 0.05) is 5.41 Å². The van der Waals surface area contributed by atoms with Gasteiger partial charge in [-0.2, -0.15) is 0 Å². The molecule has 0 unspecified atom stereocenters. The lowest BCUT2D eigenvalue weighted by atomic mass is 9.67. The topological polar surface area (TPSA) is 91.3 Å². The molecule has 0 heterocycles. The molecule has 7 aromatic rings. The first-order chi connectivity index (χ1) is 31.1. The molecule has 0 fully saturated rings. The molecule has 0 saturated heterocycles. The summed E-state index contributed by atoms with van der Waals surface area (Å²) in [6.45, 7) is 15.1. The second kappa shape index (κ2) is 18.2. The molecule has 0 bridgehead atoms. The summed E-state index contributed by atoms with van der Waals surface area (Å²) in [6, 6.07) is 52.2. The van der Waals surface area contributed by atoms with Gasteiger partial charge in [0.05, 0.1) is 31.5 Å². The first-order valence-corrected chi connectivity index (χ1v) is 22.2. The average molecular weight is 865 g/mol. The van der Waals surface area contributed by atoms with Crippen molar-refractivity contribution in [3.8, 4) is 39.9 Å². The summed E-state index contributed by atoms with van der Waals surface area (Å²) in [7, 11) is 0. The Bertz CT molecular complexity index is 2780. The fourth-order valence-corrected chi connectivity index (χ4v) is 8.97. The summed E-state index contributed by atoms with van der Waals surface area (Å²) in [4.78, 5) is 25.7. The molecule has 0 aliphatic heterocycles. The standard InChI is InChI=1S/C58H56O7/c1-38-36-43(22-30-52(38)62-34-32-54(60)64-46-26-18-40(19-27-46)56(3,4)5)58(50-14-10-8-12-48(50)49-13-9-11-15-51(49)58)44-23-31-53(39(2)37-44)63-35-33-55(61)65-47-28-20-42(21-29-47)57(6,7)41-16-24-45(59)25-17-41/h8-31,36-37,59H,32-35H2,1-7H3. The van der Waals surface area contributed by atoms with E-state index in [1.807, 2.05) is 86.6 Å². The summed E-state index contributed by atoms with van der Waals surface area (Å²) in [5, 5.41) is 9.73. The van der Waals surface area contributed by atoms with Crippen LogP contribution < -0.4 is 18.9 Å². The van der Waals surface area contributed by atoms with E-state index in [4.69, 9.17) is 18.9 Å². The van der Waals surface area contributed by atoms with Gasteiger partial charge in [-0.25, -0.2) is 0 Å². The van der Waals surface area contributed by atoms with Gasteiger partial charge < -0.3 is 24.1 Å². The van der Waals surface area contributed by atoms with Crippen LogP contribution in [0.5, 0.6) is 28.7 Å². The van der Waals surface area contributed by atoms with Crippen molar-refractivity contribution in [3.63, 3.8) is 0 Å². The predicted molar refractivity (Wildman–Crippen MR) is 257 cm³/mol. The van der Waals surface area contributed by atoms with Crippen molar-refractivity contribution in [2.24, 2.45) is 0 Å². The maximum atomic E-state index is 13.0. The number of aromatic hydroxyl groups is 1. The number of esters is 2. The van der Waals surface area contributed by atoms with E-state index in [1.165, 1.54) is 27.8 Å². The summed E-state index contributed by atoms with van der Waals surface area (Å²) >= 11 is 0. The molecule has 1 N–H and O–H groups in total. The molecular weight excluding hydrogens is 809 g/mol. The molecular formula is C58H56O7. The van der Waals surface area contributed by atoms with E-state index in [2.05, 4.69) is 107 Å². The van der Waals surface area contributed by atoms with Gasteiger partial charge in [-0.15, -0.1) is 0 Å². The van der Waals surface area contributed by atoms with Crippen molar-refractivity contribution in [2.75, 3.05) is 13.2 Å². The van der Waals surface area contributed by atoms with E-state index in [1.54, 1.807) is 12.1 Å². The molecule has 330 valence electrons. The third kappa shape index (κ3) is 9.14. The molecule has 0 aromatic heterocycles. The van der Waals surface area contributed by atoms with Gasteiger partial charge in [-0.1, -0.05) is 144 Å². The van der Waals surface area contributed by atoms with Gasteiger partial charge in [0.25, 0.3) is 0 Å². The Morgan fingerprint density at radius 1 is 0.508 bits per heavy atom. The van der Waals surface area contributed by atoms with Gasteiger partial charge in [0.1, 0.15) is 28.7 Å². The molecule has 0 atom stereocenters. The molecule has 65 heavy (non-hydrogen) atoms. The number of carbonyl (C=O) groups excluding carboxylic acids is 2. The number of aryl methyl sites for hydroxylation is 2. The highest BCUT2D eigenvalue weighted by Crippen LogP contribution is 2.56. The van der Waals surface area contributed by atoms with Crippen LogP contribution in [0.1, 0.15) is 97.5 Å². The molecule has 0 spiro atoms. The highest BCUT2D eigenvalue weighted by molar-refractivity contribution is 5.86. The third-order valence-corrected chi connectivity index (χ3v) is 12.6. The smallest absolute Gasteiger partial charge is 0.314 e. The molecule has 1 aliphatic rings. The summed E-state index contributed by atoms with van der Waals surface area (Å²) in [5.41, 5.74) is 11.1. The maximum absolute atomic E-state index is 13.0. The minimum Gasteiger partial charge on any atom is -0.508 e. The molecule has 7 aromatic carbocycles. The second-order valence-electron chi connectivity index (χ2n) is 18.4. The fourth-order valence-electron chi connectivity index (χ4n) is 8.97. The first-order valence-electron chi connectivity index (χ1n) is 22.2. The number of hydrogen-bond donors (Lipinski definition) is 1. The van der Waals surface area contributed by atoms with Crippen molar-refractivity contribution < 1.29 is 33.6 Å². The van der Waals surface area contributed by atoms with Crippen molar-refractivity contribution in [3.05, 3.63) is 208 Å². The van der Waals surface area contributed by atoms with Crippen LogP contribution >= 0.6 is 0 Å². The zero-order valence-electron chi connectivity index (χ0n) is 38.2. The zero-order chi connectivity index (χ0) is 45.9. The van der Waals surface area contributed by atoms with Crippen LogP contribution in [-0.2, 0) is 25.8 Å². The Morgan fingerprint density at radius 2 is 0.908 bits per heavy atom. The lowest BCUT2D eigenvalue weighted by molar-refractivity contribution is -0.135. The number of ether oxygens (including phenoxy) is 4. The average Bonchev–Trinajstić information content (AvgIpc) is 3.59. The van der Waals surface area contributed by atoms with E-state index in [9.17, 15) is 14.7 Å². The van der Waals surface area contributed by atoms with Crippen molar-refractivity contribution in [1.29, 1.82) is 0 Å². The van der Waals surface area contributed by atoms with Gasteiger partial charge in [-0.3, -0.25) is 9.59 Å². The third-order valence-electron chi connectivity index (χ3n) is 12.6. The largest absolute Gasteiger partial charge is 0.508 e. The maximum Gasteiger partial charge on any atom is 0.314 e. The van der Waals surface area contributed by atoms with Crippen molar-refractivity contribution in [1.82, 2.24) is 0 Å². The minimum atomic E-state index is -0.648. The van der Waals surface area contributed by atoms with Gasteiger partial charge in [-0.05, 0) is 129 Å². The lowest BCUT2D eigenvalue weighted by Gasteiger charge is -2.34. The normalized spacial score (nSPS) is 12.8.